The van der Waals surface area contributed by atoms with Gasteiger partial charge in [0, 0.05) is 34.8 Å². The van der Waals surface area contributed by atoms with Crippen molar-refractivity contribution in [3.8, 4) is 17.2 Å². The minimum absolute atomic E-state index is 0.197. The zero-order valence-corrected chi connectivity index (χ0v) is 24.3. The van der Waals surface area contributed by atoms with Crippen LogP contribution in [0.3, 0.4) is 0 Å². The summed E-state index contributed by atoms with van der Waals surface area (Å²) in [4.78, 5) is 2.45. The third-order valence-electron chi connectivity index (χ3n) is 7.77. The molecule has 3 aromatic rings. The molecule has 1 unspecified atom stereocenters. The van der Waals surface area contributed by atoms with Crippen LogP contribution in [-0.2, 0) is 16.5 Å². The number of hydrogen-bond acceptors (Lipinski definition) is 6. The molecule has 0 amide bonds. The summed E-state index contributed by atoms with van der Waals surface area (Å²) < 4.78 is 50.2. The lowest BCUT2D eigenvalue weighted by molar-refractivity contribution is 0.169. The van der Waals surface area contributed by atoms with Crippen molar-refractivity contribution in [1.29, 1.82) is 0 Å². The molecule has 2 aliphatic heterocycles. The molecule has 40 heavy (non-hydrogen) atoms. The van der Waals surface area contributed by atoms with Crippen LogP contribution in [0.1, 0.15) is 55.5 Å². The fraction of sp³-hybridized carbons (Fsp3) is 0.355. The van der Waals surface area contributed by atoms with Gasteiger partial charge in [-0.3, -0.25) is 4.90 Å². The lowest BCUT2D eigenvalue weighted by Gasteiger charge is -2.32. The van der Waals surface area contributed by atoms with E-state index in [1.807, 2.05) is 31.2 Å². The molecule has 3 aromatic carbocycles. The first-order valence-corrected chi connectivity index (χ1v) is 15.1. The van der Waals surface area contributed by atoms with E-state index in [0.717, 1.165) is 30.0 Å². The molecule has 0 spiro atoms. The van der Waals surface area contributed by atoms with Crippen molar-refractivity contribution in [1.82, 2.24) is 4.90 Å². The van der Waals surface area contributed by atoms with Crippen molar-refractivity contribution < 1.29 is 27.4 Å². The highest BCUT2D eigenvalue weighted by Gasteiger charge is 2.32. The predicted octanol–water partition coefficient (Wildman–Crippen LogP) is 6.47. The van der Waals surface area contributed by atoms with Crippen molar-refractivity contribution >= 4 is 33.5 Å². The second-order valence-electron chi connectivity index (χ2n) is 10.7. The van der Waals surface area contributed by atoms with Crippen LogP contribution >= 0.6 is 11.6 Å². The summed E-state index contributed by atoms with van der Waals surface area (Å²) in [6, 6.07) is 15.5. The number of aromatic hydroxyl groups is 1. The highest BCUT2D eigenvalue weighted by Crippen LogP contribution is 2.49. The second-order valence-corrected chi connectivity index (χ2v) is 12.2. The Labute approximate surface area is 240 Å². The number of ether oxygens (including phenoxy) is 2. The fourth-order valence-corrected chi connectivity index (χ4v) is 6.30. The zero-order valence-electron chi connectivity index (χ0n) is 22.7. The van der Waals surface area contributed by atoms with Crippen molar-refractivity contribution in [3.63, 3.8) is 0 Å². The Hall–Kier alpha value is -3.07. The van der Waals surface area contributed by atoms with Crippen molar-refractivity contribution in [2.24, 2.45) is 5.92 Å². The molecular weight excluding hydrogens is 553 g/mol. The van der Waals surface area contributed by atoms with E-state index in [1.165, 1.54) is 18.6 Å². The van der Waals surface area contributed by atoms with Gasteiger partial charge in [0.1, 0.15) is 34.9 Å². The number of benzene rings is 3. The molecule has 2 heterocycles. The van der Waals surface area contributed by atoms with Crippen LogP contribution in [0.2, 0.25) is 5.02 Å². The average Bonchev–Trinajstić information content (AvgIpc) is 3.35. The molecule has 0 aromatic heterocycles. The topological polar surface area (TPSA) is 76.1 Å². The summed E-state index contributed by atoms with van der Waals surface area (Å²) >= 11 is 6.23. The third kappa shape index (κ3) is 5.99. The summed E-state index contributed by atoms with van der Waals surface area (Å²) in [6.45, 7) is 9.06. The summed E-state index contributed by atoms with van der Waals surface area (Å²) in [5, 5.41) is 10.5. The normalized spacial score (nSPS) is 19.9. The van der Waals surface area contributed by atoms with E-state index < -0.39 is 28.4 Å². The summed E-state index contributed by atoms with van der Waals surface area (Å²) in [5.41, 5.74) is 3.96. The van der Waals surface area contributed by atoms with E-state index in [9.17, 15) is 17.9 Å². The summed E-state index contributed by atoms with van der Waals surface area (Å²) in [6.07, 6.45) is 0.545. The van der Waals surface area contributed by atoms with E-state index in [4.69, 9.17) is 21.1 Å². The maximum Gasteiger partial charge on any atom is 0.168 e. The quantitative estimate of drug-likeness (QED) is 0.295. The molecule has 9 heteroatoms. The Morgan fingerprint density at radius 3 is 2.58 bits per heavy atom. The van der Waals surface area contributed by atoms with Crippen molar-refractivity contribution in [2.45, 2.75) is 45.1 Å². The van der Waals surface area contributed by atoms with Gasteiger partial charge >= 0.3 is 0 Å². The molecule has 0 saturated carbocycles. The van der Waals surface area contributed by atoms with Crippen LogP contribution in [0.4, 0.5) is 4.39 Å². The van der Waals surface area contributed by atoms with Crippen LogP contribution in [0.5, 0.6) is 17.2 Å². The molecule has 1 N–H and O–H groups in total. The van der Waals surface area contributed by atoms with Gasteiger partial charge in [-0.2, -0.15) is 0 Å². The molecular formula is C31H33ClFNO5S. The zero-order chi connectivity index (χ0) is 28.6. The highest BCUT2D eigenvalue weighted by atomic mass is 35.5. The number of likely N-dealkylation sites (tertiary alicyclic amines) is 1. The van der Waals surface area contributed by atoms with Gasteiger partial charge < -0.3 is 14.6 Å². The van der Waals surface area contributed by atoms with Gasteiger partial charge in [0.2, 0.25) is 0 Å². The smallest absolute Gasteiger partial charge is 0.168 e. The fourth-order valence-electron chi connectivity index (χ4n) is 5.57. The van der Waals surface area contributed by atoms with E-state index in [1.54, 1.807) is 18.2 Å². The van der Waals surface area contributed by atoms with Crippen molar-refractivity contribution in [2.75, 3.05) is 19.7 Å². The van der Waals surface area contributed by atoms with E-state index >= 15 is 0 Å². The predicted molar refractivity (Wildman–Crippen MR) is 156 cm³/mol. The number of nitrogens with zero attached hydrogens (tertiary/aromatic N) is 1. The molecule has 3 atom stereocenters. The SMILES string of the molecule is CC1=C(c2ccc(Cl)cc2C[SH](=O)=O)C(c2ccc(OC[C@H](C)N3CC[C@@H](C)C3)cc2)Oc2cc(F)c(O)cc21. The van der Waals surface area contributed by atoms with E-state index in [0.29, 0.717) is 51.6 Å². The maximum atomic E-state index is 14.3. The first-order valence-electron chi connectivity index (χ1n) is 13.4. The van der Waals surface area contributed by atoms with Gasteiger partial charge in [0.05, 0.1) is 5.75 Å². The van der Waals surface area contributed by atoms with Crippen LogP contribution in [0.15, 0.2) is 54.6 Å². The lowest BCUT2D eigenvalue weighted by Crippen LogP contribution is -2.35. The number of halogens is 2. The van der Waals surface area contributed by atoms with Gasteiger partial charge in [0.15, 0.2) is 11.6 Å². The number of phenols is 1. The monoisotopic (exact) mass is 585 g/mol. The van der Waals surface area contributed by atoms with Crippen LogP contribution < -0.4 is 9.47 Å². The molecule has 2 aliphatic rings. The minimum Gasteiger partial charge on any atom is -0.505 e. The van der Waals surface area contributed by atoms with Crippen LogP contribution in [0, 0.1) is 11.7 Å². The average molecular weight is 586 g/mol. The molecule has 0 radical (unpaired) electrons. The molecule has 0 bridgehead atoms. The minimum atomic E-state index is -2.72. The number of fused-ring (bicyclic) bond motifs is 1. The number of phenolic OH excluding ortho intramolecular Hbond substituents is 1. The Kier molecular flexibility index (Phi) is 8.40. The molecule has 6 nitrogen and oxygen atoms in total. The van der Waals surface area contributed by atoms with Crippen LogP contribution in [0.25, 0.3) is 11.1 Å². The van der Waals surface area contributed by atoms with Crippen LogP contribution in [-0.4, -0.2) is 44.2 Å². The molecule has 0 aliphatic carbocycles. The molecule has 1 fully saturated rings. The van der Waals surface area contributed by atoms with Gasteiger partial charge in [-0.25, -0.2) is 12.8 Å². The number of thiol groups is 1. The standard InChI is InChI=1S/C31H33ClFNO5S/c1-18-10-11-34(15-18)19(2)16-38-24-7-4-21(5-8-24)31-30(25-9-6-23(32)12-22(25)17-40(36)37)20(3)26-13-28(35)27(33)14-29(26)39-31/h4-9,12-14,18-19,31,35,40H,10-11,15-17H2,1-3H3/t18-,19+,31?/m1/s1. The first-order chi connectivity index (χ1) is 19.1. The second kappa shape index (κ2) is 11.8. The van der Waals surface area contributed by atoms with E-state index in [-0.39, 0.29) is 5.75 Å². The van der Waals surface area contributed by atoms with Gasteiger partial charge in [0.25, 0.3) is 0 Å². The maximum absolute atomic E-state index is 14.3. The number of rotatable bonds is 8. The largest absolute Gasteiger partial charge is 0.505 e. The Balaban J connectivity index is 1.50. The summed E-state index contributed by atoms with van der Waals surface area (Å²) in [5.74, 6) is 0.263. The Bertz CT molecular complexity index is 1510. The Morgan fingerprint density at radius 2 is 1.90 bits per heavy atom. The number of allylic oxidation sites excluding steroid dienone is 1. The van der Waals surface area contributed by atoms with Crippen molar-refractivity contribution in [3.05, 3.63) is 87.7 Å². The molecule has 1 saturated heterocycles. The van der Waals surface area contributed by atoms with E-state index in [2.05, 4.69) is 18.7 Å². The van der Waals surface area contributed by atoms with Gasteiger partial charge in [-0.05, 0) is 85.3 Å². The first kappa shape index (κ1) is 28.5. The Morgan fingerprint density at radius 1 is 1.15 bits per heavy atom. The summed E-state index contributed by atoms with van der Waals surface area (Å²) in [7, 11) is -2.72. The lowest BCUT2D eigenvalue weighted by atomic mass is 9.84. The van der Waals surface area contributed by atoms with Gasteiger partial charge in [-0.1, -0.05) is 36.7 Å². The molecule has 5 rings (SSSR count). The van der Waals surface area contributed by atoms with Gasteiger partial charge in [-0.15, -0.1) is 0 Å². The number of hydrogen-bond donors (Lipinski definition) is 2. The highest BCUT2D eigenvalue weighted by molar-refractivity contribution is 7.71. The third-order valence-corrected chi connectivity index (χ3v) is 8.61. The molecule has 212 valence electrons.